The van der Waals surface area contributed by atoms with Crippen molar-refractivity contribution < 1.29 is 13.2 Å². The first kappa shape index (κ1) is 21.8. The molecule has 1 aliphatic carbocycles. The number of aryl methyl sites for hydroxylation is 3. The second-order valence-corrected chi connectivity index (χ2v) is 10.7. The average Bonchev–Trinajstić information content (AvgIpc) is 3.29. The summed E-state index contributed by atoms with van der Waals surface area (Å²) >= 11 is 0. The van der Waals surface area contributed by atoms with E-state index in [0.29, 0.717) is 15.8 Å². The van der Waals surface area contributed by atoms with Crippen LogP contribution in [-0.2, 0) is 34.2 Å². The van der Waals surface area contributed by atoms with Crippen molar-refractivity contribution in [3.63, 3.8) is 0 Å². The summed E-state index contributed by atoms with van der Waals surface area (Å²) in [5.74, 6) is -0.222. The van der Waals surface area contributed by atoms with Gasteiger partial charge in [0, 0.05) is 26.2 Å². The Balaban J connectivity index is 1.26. The van der Waals surface area contributed by atoms with Crippen LogP contribution in [0.4, 0.5) is 0 Å². The Morgan fingerprint density at radius 1 is 1.00 bits per heavy atom. The fourth-order valence-electron chi connectivity index (χ4n) is 4.67. The lowest BCUT2D eigenvalue weighted by atomic mass is 10.1. The fourth-order valence-corrected chi connectivity index (χ4v) is 6.14. The van der Waals surface area contributed by atoms with E-state index >= 15 is 0 Å². The number of hydrogen-bond donors (Lipinski definition) is 0. The second-order valence-electron chi connectivity index (χ2n) is 8.77. The van der Waals surface area contributed by atoms with E-state index in [-0.39, 0.29) is 44.2 Å². The highest BCUT2D eigenvalue weighted by Gasteiger charge is 2.31. The van der Waals surface area contributed by atoms with Gasteiger partial charge in [-0.3, -0.25) is 14.2 Å². The maximum Gasteiger partial charge on any atom is 0.261 e. The van der Waals surface area contributed by atoms with E-state index in [1.54, 1.807) is 29.2 Å². The number of fused-ring (bicyclic) bond motifs is 2. The molecule has 0 bridgehead atoms. The molecule has 1 saturated heterocycles. The molecule has 0 unspecified atom stereocenters. The summed E-state index contributed by atoms with van der Waals surface area (Å²) in [6, 6.07) is 10.9. The van der Waals surface area contributed by atoms with Gasteiger partial charge in [0.2, 0.25) is 15.9 Å². The van der Waals surface area contributed by atoms with E-state index in [1.807, 2.05) is 19.1 Å². The van der Waals surface area contributed by atoms with Crippen LogP contribution < -0.4 is 5.56 Å². The van der Waals surface area contributed by atoms with Gasteiger partial charge in [-0.2, -0.15) is 4.31 Å². The second kappa shape index (κ2) is 8.39. The van der Waals surface area contributed by atoms with Crippen molar-refractivity contribution in [2.24, 2.45) is 0 Å². The molecule has 5 rings (SSSR count). The van der Waals surface area contributed by atoms with Gasteiger partial charge in [-0.15, -0.1) is 0 Å². The number of carbonyl (C=O) groups is 1. The first-order valence-corrected chi connectivity index (χ1v) is 12.6. The number of sulfonamides is 1. The maximum absolute atomic E-state index is 13.1. The van der Waals surface area contributed by atoms with Crippen LogP contribution in [0.5, 0.6) is 0 Å². The predicted molar refractivity (Wildman–Crippen MR) is 125 cm³/mol. The summed E-state index contributed by atoms with van der Waals surface area (Å²) < 4.78 is 29.0. The number of carbonyl (C=O) groups excluding carboxylic acids is 1. The Morgan fingerprint density at radius 2 is 1.76 bits per heavy atom. The van der Waals surface area contributed by atoms with Crippen LogP contribution in [0.15, 0.2) is 52.4 Å². The minimum atomic E-state index is -3.60. The number of hydrogen-bond acceptors (Lipinski definition) is 5. The highest BCUT2D eigenvalue weighted by Crippen LogP contribution is 2.26. The molecule has 1 aliphatic heterocycles. The van der Waals surface area contributed by atoms with Crippen LogP contribution in [0.1, 0.15) is 23.1 Å². The van der Waals surface area contributed by atoms with Crippen molar-refractivity contribution in [3.8, 4) is 0 Å². The molecule has 3 aromatic rings. The SMILES string of the molecule is Cc1ccc2ncn(CC(=O)N3CCN(S(=O)(=O)c4ccc5c(c4)CCC5)CC3)c(=O)c2c1. The first-order chi connectivity index (χ1) is 15.8. The van der Waals surface area contributed by atoms with E-state index in [9.17, 15) is 18.0 Å². The number of amides is 1. The van der Waals surface area contributed by atoms with Crippen LogP contribution in [-0.4, -0.2) is 59.3 Å². The van der Waals surface area contributed by atoms with Gasteiger partial charge in [0.15, 0.2) is 0 Å². The standard InChI is InChI=1S/C24H26N4O4S/c1-17-5-8-22-21(13-17)24(30)27(16-25-22)15-23(29)26-9-11-28(12-10-26)33(31,32)20-7-6-18-3-2-4-19(18)14-20/h5-8,13-14,16H,2-4,9-12,15H2,1H3. The van der Waals surface area contributed by atoms with Crippen LogP contribution in [0.3, 0.4) is 0 Å². The molecule has 0 atom stereocenters. The van der Waals surface area contributed by atoms with Gasteiger partial charge in [-0.25, -0.2) is 13.4 Å². The Labute approximate surface area is 192 Å². The third-order valence-electron chi connectivity index (χ3n) is 6.58. The van der Waals surface area contributed by atoms with Crippen LogP contribution in [0, 0.1) is 6.92 Å². The van der Waals surface area contributed by atoms with Gasteiger partial charge in [0.05, 0.1) is 22.1 Å². The molecule has 172 valence electrons. The topological polar surface area (TPSA) is 92.6 Å². The van der Waals surface area contributed by atoms with Crippen molar-refractivity contribution in [2.75, 3.05) is 26.2 Å². The third kappa shape index (κ3) is 4.06. The third-order valence-corrected chi connectivity index (χ3v) is 8.48. The monoisotopic (exact) mass is 466 g/mol. The fraction of sp³-hybridized carbons (Fsp3) is 0.375. The highest BCUT2D eigenvalue weighted by molar-refractivity contribution is 7.89. The number of piperazine rings is 1. The molecule has 0 radical (unpaired) electrons. The lowest BCUT2D eigenvalue weighted by Crippen LogP contribution is -2.51. The molecule has 1 amide bonds. The summed E-state index contributed by atoms with van der Waals surface area (Å²) in [7, 11) is -3.60. The normalized spacial score (nSPS) is 16.8. The van der Waals surface area contributed by atoms with Crippen molar-refractivity contribution in [1.29, 1.82) is 0 Å². The van der Waals surface area contributed by atoms with Crippen molar-refractivity contribution in [1.82, 2.24) is 18.8 Å². The van der Waals surface area contributed by atoms with Gasteiger partial charge in [0.25, 0.3) is 5.56 Å². The van der Waals surface area contributed by atoms with Crippen molar-refractivity contribution >= 4 is 26.8 Å². The van der Waals surface area contributed by atoms with E-state index in [2.05, 4.69) is 4.98 Å². The van der Waals surface area contributed by atoms with Gasteiger partial charge >= 0.3 is 0 Å². The summed E-state index contributed by atoms with van der Waals surface area (Å²) in [5.41, 5.74) is 3.65. The zero-order valence-electron chi connectivity index (χ0n) is 18.5. The van der Waals surface area contributed by atoms with E-state index < -0.39 is 10.0 Å². The molecule has 33 heavy (non-hydrogen) atoms. The average molecular weight is 467 g/mol. The zero-order chi connectivity index (χ0) is 23.2. The molecule has 2 aromatic carbocycles. The molecule has 9 heteroatoms. The minimum absolute atomic E-state index is 0.118. The van der Waals surface area contributed by atoms with Gasteiger partial charge in [-0.05, 0) is 61.6 Å². The van der Waals surface area contributed by atoms with Gasteiger partial charge in [-0.1, -0.05) is 17.7 Å². The molecule has 1 aromatic heterocycles. The molecule has 8 nitrogen and oxygen atoms in total. The molecule has 1 fully saturated rings. The van der Waals surface area contributed by atoms with Crippen LogP contribution in [0.2, 0.25) is 0 Å². The Hall–Kier alpha value is -3.04. The molecule has 2 aliphatic rings. The summed E-state index contributed by atoms with van der Waals surface area (Å²) in [5, 5.41) is 0.482. The summed E-state index contributed by atoms with van der Waals surface area (Å²) in [6.07, 6.45) is 4.39. The van der Waals surface area contributed by atoms with Gasteiger partial charge in [0.1, 0.15) is 6.54 Å². The molecular weight excluding hydrogens is 440 g/mol. The van der Waals surface area contributed by atoms with Crippen LogP contribution in [0.25, 0.3) is 10.9 Å². The largest absolute Gasteiger partial charge is 0.338 e. The van der Waals surface area contributed by atoms with E-state index in [0.717, 1.165) is 30.4 Å². The highest BCUT2D eigenvalue weighted by atomic mass is 32.2. The number of benzene rings is 2. The molecule has 0 N–H and O–H groups in total. The Morgan fingerprint density at radius 3 is 2.55 bits per heavy atom. The zero-order valence-corrected chi connectivity index (χ0v) is 19.3. The number of nitrogens with zero attached hydrogens (tertiary/aromatic N) is 4. The predicted octanol–water partition coefficient (Wildman–Crippen LogP) is 1.73. The molecule has 2 heterocycles. The van der Waals surface area contributed by atoms with E-state index in [4.69, 9.17) is 0 Å². The van der Waals surface area contributed by atoms with E-state index in [1.165, 1.54) is 20.8 Å². The Kier molecular flexibility index (Phi) is 5.54. The van der Waals surface area contributed by atoms with Crippen molar-refractivity contribution in [2.45, 2.75) is 37.6 Å². The smallest absolute Gasteiger partial charge is 0.261 e. The molecular formula is C24H26N4O4S. The Bertz CT molecular complexity index is 1410. The quantitative estimate of drug-likeness (QED) is 0.584. The van der Waals surface area contributed by atoms with Gasteiger partial charge < -0.3 is 4.90 Å². The maximum atomic E-state index is 13.1. The lowest BCUT2D eigenvalue weighted by molar-refractivity contribution is -0.133. The molecule has 0 saturated carbocycles. The summed E-state index contributed by atoms with van der Waals surface area (Å²) in [4.78, 5) is 31.9. The summed E-state index contributed by atoms with van der Waals surface area (Å²) in [6.45, 7) is 2.82. The lowest BCUT2D eigenvalue weighted by Gasteiger charge is -2.34. The number of aromatic nitrogens is 2. The molecule has 0 spiro atoms. The first-order valence-electron chi connectivity index (χ1n) is 11.2. The van der Waals surface area contributed by atoms with Crippen molar-refractivity contribution in [3.05, 3.63) is 69.8 Å². The number of rotatable bonds is 4. The van der Waals surface area contributed by atoms with Crippen LogP contribution >= 0.6 is 0 Å². The minimum Gasteiger partial charge on any atom is -0.338 e.